The summed E-state index contributed by atoms with van der Waals surface area (Å²) in [5, 5.41) is 0.566. The number of anilines is 1. The molecule has 0 bridgehead atoms. The van der Waals surface area contributed by atoms with Crippen LogP contribution in [0.5, 0.6) is 0 Å². The number of aryl methyl sites for hydroxylation is 1. The number of hydrogen-bond donors (Lipinski definition) is 1. The van der Waals surface area contributed by atoms with Crippen molar-refractivity contribution >= 4 is 27.5 Å². The smallest absolute Gasteiger partial charge is 0.271 e. The second-order valence-electron chi connectivity index (χ2n) is 4.88. The number of nitrogens with zero attached hydrogens (tertiary/aromatic N) is 1. The minimum atomic E-state index is -3.46. The van der Waals surface area contributed by atoms with Gasteiger partial charge in [-0.05, 0) is 37.5 Å². The first-order chi connectivity index (χ1) is 8.99. The third-order valence-electron chi connectivity index (χ3n) is 3.32. The van der Waals surface area contributed by atoms with Gasteiger partial charge in [0.1, 0.15) is 0 Å². The minimum absolute atomic E-state index is 0.514. The molecule has 1 aliphatic rings. The standard InChI is InChI=1S/C13H19ClN2O2S/c1-11-6-7-12(10-13(11)14)15-19(17,18)16-8-4-2-3-5-9-16/h6-7,10,15H,2-5,8-9H2,1H3. The molecule has 1 heterocycles. The van der Waals surface area contributed by atoms with Crippen molar-refractivity contribution in [3.8, 4) is 0 Å². The Hall–Kier alpha value is -0.780. The molecule has 0 amide bonds. The third-order valence-corrected chi connectivity index (χ3v) is 5.27. The van der Waals surface area contributed by atoms with Crippen molar-refractivity contribution in [3.05, 3.63) is 28.8 Å². The van der Waals surface area contributed by atoms with Crippen LogP contribution in [0.15, 0.2) is 18.2 Å². The maximum absolute atomic E-state index is 12.3. The van der Waals surface area contributed by atoms with Gasteiger partial charge in [0.05, 0.1) is 5.69 Å². The lowest BCUT2D eigenvalue weighted by Gasteiger charge is -2.20. The van der Waals surface area contributed by atoms with Crippen LogP contribution in [0.2, 0.25) is 5.02 Å². The molecule has 106 valence electrons. The lowest BCUT2D eigenvalue weighted by molar-refractivity contribution is 0.427. The van der Waals surface area contributed by atoms with E-state index in [0.717, 1.165) is 31.2 Å². The maximum atomic E-state index is 12.3. The van der Waals surface area contributed by atoms with E-state index >= 15 is 0 Å². The first-order valence-electron chi connectivity index (χ1n) is 6.53. The maximum Gasteiger partial charge on any atom is 0.301 e. The molecule has 1 fully saturated rings. The topological polar surface area (TPSA) is 49.4 Å². The van der Waals surface area contributed by atoms with E-state index < -0.39 is 10.2 Å². The highest BCUT2D eigenvalue weighted by Crippen LogP contribution is 2.22. The Morgan fingerprint density at radius 3 is 2.37 bits per heavy atom. The first kappa shape index (κ1) is 14.6. The Kier molecular flexibility index (Phi) is 4.71. The quantitative estimate of drug-likeness (QED) is 0.932. The summed E-state index contributed by atoms with van der Waals surface area (Å²) in [5.74, 6) is 0. The van der Waals surface area contributed by atoms with E-state index in [4.69, 9.17) is 11.6 Å². The van der Waals surface area contributed by atoms with Gasteiger partial charge in [0.15, 0.2) is 0 Å². The Balaban J connectivity index is 2.13. The molecule has 0 atom stereocenters. The highest BCUT2D eigenvalue weighted by atomic mass is 35.5. The number of halogens is 1. The molecule has 1 N–H and O–H groups in total. The van der Waals surface area contributed by atoms with Gasteiger partial charge in [-0.25, -0.2) is 0 Å². The van der Waals surface area contributed by atoms with Crippen LogP contribution >= 0.6 is 11.6 Å². The summed E-state index contributed by atoms with van der Waals surface area (Å²) < 4.78 is 28.7. The van der Waals surface area contributed by atoms with Crippen molar-refractivity contribution in [3.63, 3.8) is 0 Å². The van der Waals surface area contributed by atoms with E-state index in [2.05, 4.69) is 4.72 Å². The zero-order valence-corrected chi connectivity index (χ0v) is 12.6. The molecular formula is C13H19ClN2O2S. The predicted molar refractivity (Wildman–Crippen MR) is 78.8 cm³/mol. The zero-order valence-electron chi connectivity index (χ0n) is 11.0. The summed E-state index contributed by atoms with van der Waals surface area (Å²) in [7, 11) is -3.46. The molecule has 1 aromatic rings. The van der Waals surface area contributed by atoms with Crippen LogP contribution in [0, 0.1) is 6.92 Å². The summed E-state index contributed by atoms with van der Waals surface area (Å²) >= 11 is 6.01. The van der Waals surface area contributed by atoms with Crippen molar-refractivity contribution in [1.29, 1.82) is 0 Å². The SMILES string of the molecule is Cc1ccc(NS(=O)(=O)N2CCCCCC2)cc1Cl. The second kappa shape index (κ2) is 6.11. The average Bonchev–Trinajstić information content (AvgIpc) is 2.63. The van der Waals surface area contributed by atoms with Crippen molar-refractivity contribution in [2.45, 2.75) is 32.6 Å². The molecule has 0 unspecified atom stereocenters. The van der Waals surface area contributed by atoms with E-state index in [-0.39, 0.29) is 0 Å². The Morgan fingerprint density at radius 2 is 1.79 bits per heavy atom. The summed E-state index contributed by atoms with van der Waals surface area (Å²) in [6.07, 6.45) is 4.05. The van der Waals surface area contributed by atoms with Crippen molar-refractivity contribution in [2.75, 3.05) is 17.8 Å². The molecule has 0 saturated carbocycles. The van der Waals surface area contributed by atoms with Crippen LogP contribution < -0.4 is 4.72 Å². The van der Waals surface area contributed by atoms with Crippen molar-refractivity contribution in [2.24, 2.45) is 0 Å². The summed E-state index contributed by atoms with van der Waals surface area (Å²) in [6.45, 7) is 3.07. The van der Waals surface area contributed by atoms with Gasteiger partial charge in [0.25, 0.3) is 0 Å². The summed E-state index contributed by atoms with van der Waals surface area (Å²) in [6, 6.07) is 5.19. The normalized spacial score (nSPS) is 18.0. The molecule has 0 radical (unpaired) electrons. The molecule has 2 rings (SSSR count). The molecule has 0 aromatic heterocycles. The van der Waals surface area contributed by atoms with Crippen molar-refractivity contribution < 1.29 is 8.42 Å². The van der Waals surface area contributed by atoms with E-state index in [0.29, 0.717) is 23.8 Å². The van der Waals surface area contributed by atoms with Crippen LogP contribution in [0.3, 0.4) is 0 Å². The molecular weight excluding hydrogens is 284 g/mol. The Labute approximate surface area is 119 Å². The van der Waals surface area contributed by atoms with Gasteiger partial charge in [-0.3, -0.25) is 4.72 Å². The van der Waals surface area contributed by atoms with E-state index in [1.54, 1.807) is 12.1 Å². The highest BCUT2D eigenvalue weighted by Gasteiger charge is 2.22. The average molecular weight is 303 g/mol. The lowest BCUT2D eigenvalue weighted by Crippen LogP contribution is -2.36. The van der Waals surface area contributed by atoms with Gasteiger partial charge in [-0.15, -0.1) is 0 Å². The fourth-order valence-electron chi connectivity index (χ4n) is 2.15. The summed E-state index contributed by atoms with van der Waals surface area (Å²) in [5.41, 5.74) is 1.44. The molecule has 4 nitrogen and oxygen atoms in total. The lowest BCUT2D eigenvalue weighted by atomic mass is 10.2. The predicted octanol–water partition coefficient (Wildman–Crippen LogP) is 3.18. The zero-order chi connectivity index (χ0) is 13.9. The number of rotatable bonds is 3. The minimum Gasteiger partial charge on any atom is -0.271 e. The number of hydrogen-bond acceptors (Lipinski definition) is 2. The molecule has 19 heavy (non-hydrogen) atoms. The largest absolute Gasteiger partial charge is 0.301 e. The van der Waals surface area contributed by atoms with Gasteiger partial charge >= 0.3 is 10.2 Å². The summed E-state index contributed by atoms with van der Waals surface area (Å²) in [4.78, 5) is 0. The molecule has 0 spiro atoms. The Morgan fingerprint density at radius 1 is 1.16 bits per heavy atom. The number of benzene rings is 1. The van der Waals surface area contributed by atoms with Crippen LogP contribution in [0.25, 0.3) is 0 Å². The molecule has 1 saturated heterocycles. The van der Waals surface area contributed by atoms with Crippen LogP contribution in [-0.4, -0.2) is 25.8 Å². The fraction of sp³-hybridized carbons (Fsp3) is 0.538. The van der Waals surface area contributed by atoms with Gasteiger partial charge in [0.2, 0.25) is 0 Å². The van der Waals surface area contributed by atoms with E-state index in [1.807, 2.05) is 13.0 Å². The second-order valence-corrected chi connectivity index (χ2v) is 6.96. The van der Waals surface area contributed by atoms with Crippen LogP contribution in [0.1, 0.15) is 31.2 Å². The van der Waals surface area contributed by atoms with Crippen LogP contribution in [-0.2, 0) is 10.2 Å². The van der Waals surface area contributed by atoms with Gasteiger partial charge < -0.3 is 0 Å². The Bertz CT molecular complexity index is 538. The monoisotopic (exact) mass is 302 g/mol. The molecule has 1 aromatic carbocycles. The number of nitrogens with one attached hydrogen (secondary N) is 1. The van der Waals surface area contributed by atoms with E-state index in [9.17, 15) is 8.42 Å². The fourth-order valence-corrected chi connectivity index (χ4v) is 3.63. The van der Waals surface area contributed by atoms with Gasteiger partial charge in [-0.1, -0.05) is 30.5 Å². The van der Waals surface area contributed by atoms with Gasteiger partial charge in [0, 0.05) is 18.1 Å². The molecule has 1 aliphatic heterocycles. The molecule has 0 aliphatic carbocycles. The third kappa shape index (κ3) is 3.84. The first-order valence-corrected chi connectivity index (χ1v) is 8.35. The molecule has 6 heteroatoms. The van der Waals surface area contributed by atoms with E-state index in [1.165, 1.54) is 4.31 Å². The van der Waals surface area contributed by atoms with Gasteiger partial charge in [-0.2, -0.15) is 12.7 Å². The van der Waals surface area contributed by atoms with Crippen LogP contribution in [0.4, 0.5) is 5.69 Å². The van der Waals surface area contributed by atoms with Crippen molar-refractivity contribution in [1.82, 2.24) is 4.31 Å². The highest BCUT2D eigenvalue weighted by molar-refractivity contribution is 7.90.